The van der Waals surface area contributed by atoms with Crippen molar-refractivity contribution in [1.29, 1.82) is 0 Å². The molecule has 0 spiro atoms. The molecule has 2 N–H and O–H groups in total. The molecule has 0 fully saturated rings. The second-order valence-corrected chi connectivity index (χ2v) is 5.11. The maximum absolute atomic E-state index is 12.1. The Labute approximate surface area is 124 Å². The summed E-state index contributed by atoms with van der Waals surface area (Å²) >= 11 is 0. The molecule has 0 saturated heterocycles. The quantitative estimate of drug-likeness (QED) is 0.870. The predicted octanol–water partition coefficient (Wildman–Crippen LogP) is 0.585. The fourth-order valence-electron chi connectivity index (χ4n) is 1.91. The van der Waals surface area contributed by atoms with E-state index in [4.69, 9.17) is 5.73 Å². The number of hydrogen-bond acceptors (Lipinski definition) is 5. The molecule has 0 aliphatic heterocycles. The van der Waals surface area contributed by atoms with Crippen molar-refractivity contribution in [2.75, 3.05) is 31.8 Å². The van der Waals surface area contributed by atoms with E-state index in [0.717, 1.165) is 11.3 Å². The molecule has 1 heterocycles. The Morgan fingerprint density at radius 1 is 1.24 bits per heavy atom. The number of likely N-dealkylation sites (N-methyl/N-ethyl adjacent to an activating group) is 1. The Morgan fingerprint density at radius 3 is 2.43 bits per heavy atom. The van der Waals surface area contributed by atoms with Gasteiger partial charge in [0.1, 0.15) is 12.9 Å². The van der Waals surface area contributed by atoms with E-state index in [-0.39, 0.29) is 18.4 Å². The largest absolute Gasteiger partial charge is 0.378 e. The smallest absolute Gasteiger partial charge is 0.244 e. The van der Waals surface area contributed by atoms with E-state index >= 15 is 0 Å². The normalized spacial score (nSPS) is 10.4. The summed E-state index contributed by atoms with van der Waals surface area (Å²) in [5.41, 5.74) is 7.63. The number of anilines is 2. The minimum absolute atomic E-state index is 0.0448. The Balaban J connectivity index is 1.93. The highest BCUT2D eigenvalue weighted by molar-refractivity contribution is 5.75. The lowest BCUT2D eigenvalue weighted by Gasteiger charge is -2.18. The van der Waals surface area contributed by atoms with E-state index < -0.39 is 0 Å². The minimum atomic E-state index is -0.0448. The van der Waals surface area contributed by atoms with Gasteiger partial charge in [-0.15, -0.1) is 5.10 Å². The van der Waals surface area contributed by atoms with Crippen molar-refractivity contribution in [1.82, 2.24) is 19.7 Å². The number of rotatable bonds is 5. The highest BCUT2D eigenvalue weighted by atomic mass is 16.2. The Hall–Kier alpha value is -2.57. The van der Waals surface area contributed by atoms with Crippen molar-refractivity contribution in [3.63, 3.8) is 0 Å². The monoisotopic (exact) mass is 288 g/mol. The summed E-state index contributed by atoms with van der Waals surface area (Å²) in [5.74, 6) is 0.126. The molecule has 1 amide bonds. The first-order chi connectivity index (χ1) is 9.95. The predicted molar refractivity (Wildman–Crippen MR) is 81.7 cm³/mol. The molecule has 112 valence electrons. The van der Waals surface area contributed by atoms with Crippen LogP contribution in [0.1, 0.15) is 5.56 Å². The highest BCUT2D eigenvalue weighted by Crippen LogP contribution is 2.13. The van der Waals surface area contributed by atoms with Crippen LogP contribution in [0, 0.1) is 0 Å². The van der Waals surface area contributed by atoms with Gasteiger partial charge in [0.25, 0.3) is 0 Å². The van der Waals surface area contributed by atoms with Crippen molar-refractivity contribution in [2.24, 2.45) is 0 Å². The van der Waals surface area contributed by atoms with Gasteiger partial charge in [-0.05, 0) is 17.7 Å². The number of nitrogens with two attached hydrogens (primary N) is 1. The molecular weight excluding hydrogens is 268 g/mol. The van der Waals surface area contributed by atoms with Crippen molar-refractivity contribution in [3.8, 4) is 0 Å². The number of aromatic nitrogens is 3. The van der Waals surface area contributed by atoms with E-state index in [0.29, 0.717) is 6.54 Å². The highest BCUT2D eigenvalue weighted by Gasteiger charge is 2.11. The van der Waals surface area contributed by atoms with Gasteiger partial charge in [-0.3, -0.25) is 4.79 Å². The maximum Gasteiger partial charge on any atom is 0.244 e. The SMILES string of the molecule is CN(Cc1ccc(N(C)C)cc1)C(=O)Cn1cnc(N)n1. The molecule has 0 saturated carbocycles. The average molecular weight is 288 g/mol. The third-order valence-electron chi connectivity index (χ3n) is 3.15. The first-order valence-electron chi connectivity index (χ1n) is 6.61. The second-order valence-electron chi connectivity index (χ2n) is 5.11. The Bertz CT molecular complexity index is 604. The molecule has 0 radical (unpaired) electrons. The van der Waals surface area contributed by atoms with Crippen molar-refractivity contribution < 1.29 is 4.79 Å². The zero-order chi connectivity index (χ0) is 15.4. The molecule has 0 atom stereocenters. The summed E-state index contributed by atoms with van der Waals surface area (Å²) in [6.07, 6.45) is 1.45. The number of amides is 1. The van der Waals surface area contributed by atoms with E-state index in [2.05, 4.69) is 10.1 Å². The van der Waals surface area contributed by atoms with Gasteiger partial charge in [-0.1, -0.05) is 12.1 Å². The summed E-state index contributed by atoms with van der Waals surface area (Å²) in [4.78, 5) is 19.6. The molecule has 2 aromatic rings. The van der Waals surface area contributed by atoms with Gasteiger partial charge in [0.2, 0.25) is 11.9 Å². The molecule has 2 rings (SSSR count). The summed E-state index contributed by atoms with van der Waals surface area (Å²) in [6, 6.07) is 8.11. The molecular formula is C14H20N6O. The summed E-state index contributed by atoms with van der Waals surface area (Å²) in [5, 5.41) is 3.90. The van der Waals surface area contributed by atoms with Gasteiger partial charge in [0.05, 0.1) is 0 Å². The third kappa shape index (κ3) is 3.95. The molecule has 1 aromatic heterocycles. The second kappa shape index (κ2) is 6.25. The number of benzene rings is 1. The van der Waals surface area contributed by atoms with Crippen LogP contribution in [0.5, 0.6) is 0 Å². The van der Waals surface area contributed by atoms with Gasteiger partial charge in [-0.2, -0.15) is 0 Å². The maximum atomic E-state index is 12.1. The number of nitrogens with zero attached hydrogens (tertiary/aromatic N) is 5. The lowest BCUT2D eigenvalue weighted by Crippen LogP contribution is -2.30. The van der Waals surface area contributed by atoms with Crippen LogP contribution < -0.4 is 10.6 Å². The summed E-state index contributed by atoms with van der Waals surface area (Å²) < 4.78 is 1.43. The fraction of sp³-hybridized carbons (Fsp3) is 0.357. The molecule has 0 bridgehead atoms. The van der Waals surface area contributed by atoms with Crippen LogP contribution in [0.3, 0.4) is 0 Å². The van der Waals surface area contributed by atoms with Crippen molar-refractivity contribution in [3.05, 3.63) is 36.2 Å². The zero-order valence-corrected chi connectivity index (χ0v) is 12.5. The number of hydrogen-bond donors (Lipinski definition) is 1. The first-order valence-corrected chi connectivity index (χ1v) is 6.61. The van der Waals surface area contributed by atoms with Gasteiger partial charge < -0.3 is 15.5 Å². The van der Waals surface area contributed by atoms with Crippen molar-refractivity contribution in [2.45, 2.75) is 13.1 Å². The summed E-state index contributed by atoms with van der Waals surface area (Å²) in [6.45, 7) is 0.688. The molecule has 7 heteroatoms. The van der Waals surface area contributed by atoms with Gasteiger partial charge >= 0.3 is 0 Å². The van der Waals surface area contributed by atoms with Crippen LogP contribution in [0.15, 0.2) is 30.6 Å². The Morgan fingerprint density at radius 2 is 1.90 bits per heavy atom. The van der Waals surface area contributed by atoms with E-state index in [1.807, 2.05) is 43.3 Å². The van der Waals surface area contributed by atoms with Crippen LogP contribution in [0.25, 0.3) is 0 Å². The minimum Gasteiger partial charge on any atom is -0.378 e. The zero-order valence-electron chi connectivity index (χ0n) is 12.5. The van der Waals surface area contributed by atoms with E-state index in [1.54, 1.807) is 11.9 Å². The summed E-state index contributed by atoms with van der Waals surface area (Å²) in [7, 11) is 5.76. The van der Waals surface area contributed by atoms with E-state index in [9.17, 15) is 4.79 Å². The Kier molecular flexibility index (Phi) is 4.42. The van der Waals surface area contributed by atoms with E-state index in [1.165, 1.54) is 11.0 Å². The van der Waals surface area contributed by atoms with Crippen molar-refractivity contribution >= 4 is 17.5 Å². The number of nitrogen functional groups attached to an aromatic ring is 1. The van der Waals surface area contributed by atoms with Gasteiger partial charge in [0, 0.05) is 33.4 Å². The molecule has 0 aliphatic rings. The van der Waals surface area contributed by atoms with Gasteiger partial charge in [-0.25, -0.2) is 9.67 Å². The molecule has 0 unspecified atom stereocenters. The average Bonchev–Trinajstić information content (AvgIpc) is 2.84. The number of carbonyl (C=O) groups excluding carboxylic acids is 1. The van der Waals surface area contributed by atoms with Crippen LogP contribution in [0.4, 0.5) is 11.6 Å². The van der Waals surface area contributed by atoms with Crippen LogP contribution in [-0.2, 0) is 17.9 Å². The lowest BCUT2D eigenvalue weighted by molar-refractivity contribution is -0.131. The topological polar surface area (TPSA) is 80.3 Å². The first kappa shape index (κ1) is 14.8. The molecule has 7 nitrogen and oxygen atoms in total. The molecule has 21 heavy (non-hydrogen) atoms. The van der Waals surface area contributed by atoms with Gasteiger partial charge in [0.15, 0.2) is 0 Å². The fourth-order valence-corrected chi connectivity index (χ4v) is 1.91. The van der Waals surface area contributed by atoms with Crippen LogP contribution in [-0.4, -0.2) is 46.7 Å². The van der Waals surface area contributed by atoms with Crippen LogP contribution in [0.2, 0.25) is 0 Å². The lowest BCUT2D eigenvalue weighted by atomic mass is 10.2. The third-order valence-corrected chi connectivity index (χ3v) is 3.15. The number of carbonyl (C=O) groups is 1. The van der Waals surface area contributed by atoms with Crippen LogP contribution >= 0.6 is 0 Å². The molecule has 0 aliphatic carbocycles. The standard InChI is InChI=1S/C14H20N6O/c1-18(2)12-6-4-11(5-7-12)8-19(3)13(21)9-20-10-16-14(15)17-20/h4-7,10H,8-9H2,1-3H3,(H2,15,17). The molecule has 1 aromatic carbocycles.